The Balaban J connectivity index is 4.04. The van der Waals surface area contributed by atoms with Gasteiger partial charge in [-0.15, -0.1) is 0 Å². The van der Waals surface area contributed by atoms with E-state index in [-0.39, 0.29) is 11.5 Å². The lowest BCUT2D eigenvalue weighted by Crippen LogP contribution is -1.93. The maximum atomic E-state index is 8.95. The Morgan fingerprint density at radius 2 is 2.10 bits per heavy atom. The highest BCUT2D eigenvalue weighted by Gasteiger charge is 1.94. The van der Waals surface area contributed by atoms with Crippen molar-refractivity contribution in [2.75, 3.05) is 7.05 Å². The van der Waals surface area contributed by atoms with Gasteiger partial charge in [0.25, 0.3) is 0 Å². The molecule has 0 fully saturated rings. The van der Waals surface area contributed by atoms with Gasteiger partial charge in [0.05, 0.1) is 0 Å². The van der Waals surface area contributed by atoms with Crippen LogP contribution < -0.4 is 5.32 Å². The van der Waals surface area contributed by atoms with Crippen molar-refractivity contribution in [2.45, 2.75) is 13.3 Å². The smallest absolute Gasteiger partial charge is 0.154 e. The molecule has 0 radical (unpaired) electrons. The third-order valence-electron chi connectivity index (χ3n) is 1.04. The summed E-state index contributed by atoms with van der Waals surface area (Å²) in [5.41, 5.74) is 0. The van der Waals surface area contributed by atoms with Crippen molar-refractivity contribution < 1.29 is 10.2 Å². The van der Waals surface area contributed by atoms with E-state index in [1.807, 2.05) is 0 Å². The lowest BCUT2D eigenvalue weighted by Gasteiger charge is -1.95. The first-order valence-electron chi connectivity index (χ1n) is 3.17. The van der Waals surface area contributed by atoms with Gasteiger partial charge in [0.2, 0.25) is 0 Å². The second-order valence-electron chi connectivity index (χ2n) is 1.81. The molecule has 0 amide bonds. The highest BCUT2D eigenvalue weighted by Crippen LogP contribution is 2.01. The third-order valence-corrected chi connectivity index (χ3v) is 1.04. The Bertz CT molecular complexity index is 150. The molecule has 0 aliphatic heterocycles. The van der Waals surface area contributed by atoms with E-state index in [0.717, 1.165) is 0 Å². The van der Waals surface area contributed by atoms with E-state index in [9.17, 15) is 0 Å². The number of aliphatic hydroxyl groups excluding tert-OH is 2. The molecular weight excluding hydrogens is 130 g/mol. The molecule has 10 heavy (non-hydrogen) atoms. The van der Waals surface area contributed by atoms with Crippen LogP contribution in [0, 0.1) is 0 Å². The first-order valence-corrected chi connectivity index (χ1v) is 3.17. The van der Waals surface area contributed by atoms with Crippen molar-refractivity contribution in [3.8, 4) is 0 Å². The van der Waals surface area contributed by atoms with Gasteiger partial charge in [-0.25, -0.2) is 0 Å². The first-order chi connectivity index (χ1) is 4.72. The normalized spacial score (nSPS) is 13.4. The zero-order chi connectivity index (χ0) is 7.98. The lowest BCUT2D eigenvalue weighted by molar-refractivity contribution is 0.327. The van der Waals surface area contributed by atoms with Crippen LogP contribution in [0.4, 0.5) is 0 Å². The minimum atomic E-state index is -0.0862. The quantitative estimate of drug-likeness (QED) is 0.414. The minimum Gasteiger partial charge on any atom is -0.508 e. The Morgan fingerprint density at radius 3 is 2.50 bits per heavy atom. The molecule has 3 nitrogen and oxygen atoms in total. The molecule has 3 N–H and O–H groups in total. The Labute approximate surface area is 60.7 Å². The Morgan fingerprint density at radius 1 is 1.50 bits per heavy atom. The highest BCUT2D eigenvalue weighted by atomic mass is 16.3. The second kappa shape index (κ2) is 4.73. The van der Waals surface area contributed by atoms with Crippen LogP contribution in [0.3, 0.4) is 0 Å². The molecule has 3 heteroatoms. The van der Waals surface area contributed by atoms with Gasteiger partial charge in [0.1, 0.15) is 5.76 Å². The molecule has 0 aromatic rings. The van der Waals surface area contributed by atoms with Crippen LogP contribution in [0.5, 0.6) is 0 Å². The summed E-state index contributed by atoms with van der Waals surface area (Å²) < 4.78 is 0. The molecule has 58 valence electrons. The van der Waals surface area contributed by atoms with Crippen molar-refractivity contribution in [3.63, 3.8) is 0 Å². The van der Waals surface area contributed by atoms with Crippen LogP contribution in [-0.2, 0) is 0 Å². The van der Waals surface area contributed by atoms with Crippen molar-refractivity contribution in [3.05, 3.63) is 23.8 Å². The van der Waals surface area contributed by atoms with Gasteiger partial charge in [-0.2, -0.15) is 0 Å². The van der Waals surface area contributed by atoms with Crippen LogP contribution in [0.2, 0.25) is 0 Å². The molecule has 0 heterocycles. The molecule has 0 saturated heterocycles. The van der Waals surface area contributed by atoms with Gasteiger partial charge < -0.3 is 15.5 Å². The summed E-state index contributed by atoms with van der Waals surface area (Å²) in [5, 5.41) is 20.5. The van der Waals surface area contributed by atoms with E-state index in [1.54, 1.807) is 20.2 Å². The maximum absolute atomic E-state index is 8.95. The molecule has 0 atom stereocenters. The van der Waals surface area contributed by atoms with Gasteiger partial charge >= 0.3 is 0 Å². The van der Waals surface area contributed by atoms with E-state index >= 15 is 0 Å². The Kier molecular flexibility index (Phi) is 4.20. The fraction of sp³-hybridized carbons (Fsp3) is 0.429. The number of hydrogen-bond donors (Lipinski definition) is 3. The Hall–Kier alpha value is -1.12. The fourth-order valence-electron chi connectivity index (χ4n) is 0.440. The van der Waals surface area contributed by atoms with Crippen molar-refractivity contribution in [2.24, 2.45) is 0 Å². The predicted octanol–water partition coefficient (Wildman–Crippen LogP) is 1.46. The number of allylic oxidation sites excluding steroid dienone is 2. The number of hydrogen-bond acceptors (Lipinski definition) is 3. The van der Waals surface area contributed by atoms with Crippen LogP contribution in [0.15, 0.2) is 23.8 Å². The van der Waals surface area contributed by atoms with Gasteiger partial charge in [-0.3, -0.25) is 0 Å². The zero-order valence-corrected chi connectivity index (χ0v) is 6.26. The molecule has 0 saturated carbocycles. The molecule has 0 unspecified atom stereocenters. The van der Waals surface area contributed by atoms with E-state index < -0.39 is 0 Å². The molecule has 0 aromatic carbocycles. The summed E-state index contributed by atoms with van der Waals surface area (Å²) in [7, 11) is 1.72. The summed E-state index contributed by atoms with van der Waals surface area (Å²) in [6, 6.07) is 0. The number of nitrogens with one attached hydrogen (secondary N) is 1. The van der Waals surface area contributed by atoms with Crippen molar-refractivity contribution in [1.29, 1.82) is 0 Å². The topological polar surface area (TPSA) is 52.5 Å². The minimum absolute atomic E-state index is 0.00602. The summed E-state index contributed by atoms with van der Waals surface area (Å²) in [4.78, 5) is 0. The van der Waals surface area contributed by atoms with Gasteiger partial charge in [0, 0.05) is 13.5 Å². The van der Waals surface area contributed by atoms with Gasteiger partial charge in [0.15, 0.2) is 5.76 Å². The highest BCUT2D eigenvalue weighted by molar-refractivity contribution is 5.12. The average Bonchev–Trinajstić information content (AvgIpc) is 1.98. The predicted molar refractivity (Wildman–Crippen MR) is 40.8 cm³/mol. The summed E-state index contributed by atoms with van der Waals surface area (Å²) >= 11 is 0. The molecule has 0 rings (SSSR count). The average molecular weight is 143 g/mol. The third kappa shape index (κ3) is 3.02. The standard InChI is InChI=1S/C7H13NO2/c1-3-6(9)7(10)4-5-8-2/h4-5,8-10H,3H2,1-2H3/b5-4-,7-6-. The second-order valence-corrected chi connectivity index (χ2v) is 1.81. The summed E-state index contributed by atoms with van der Waals surface area (Å²) in [6.45, 7) is 1.76. The van der Waals surface area contributed by atoms with Crippen molar-refractivity contribution >= 4 is 0 Å². The molecule has 0 aliphatic carbocycles. The summed E-state index contributed by atoms with van der Waals surface area (Å²) in [6.07, 6.45) is 3.39. The number of aliphatic hydroxyl groups is 2. The zero-order valence-electron chi connectivity index (χ0n) is 6.26. The van der Waals surface area contributed by atoms with Crippen LogP contribution >= 0.6 is 0 Å². The van der Waals surface area contributed by atoms with E-state index in [2.05, 4.69) is 5.32 Å². The van der Waals surface area contributed by atoms with Gasteiger partial charge in [-0.05, 0) is 12.3 Å². The van der Waals surface area contributed by atoms with Crippen LogP contribution in [0.25, 0.3) is 0 Å². The molecule has 0 bridgehead atoms. The van der Waals surface area contributed by atoms with Gasteiger partial charge in [-0.1, -0.05) is 6.92 Å². The molecule has 0 spiro atoms. The molecule has 0 aromatic heterocycles. The number of rotatable bonds is 3. The largest absolute Gasteiger partial charge is 0.508 e. The summed E-state index contributed by atoms with van der Waals surface area (Å²) in [5.74, 6) is -0.0802. The first kappa shape index (κ1) is 8.88. The fourth-order valence-corrected chi connectivity index (χ4v) is 0.440. The van der Waals surface area contributed by atoms with Crippen molar-refractivity contribution in [1.82, 2.24) is 5.32 Å². The van der Waals surface area contributed by atoms with Crippen LogP contribution in [-0.4, -0.2) is 17.3 Å². The maximum Gasteiger partial charge on any atom is 0.154 e. The van der Waals surface area contributed by atoms with E-state index in [0.29, 0.717) is 6.42 Å². The van der Waals surface area contributed by atoms with Crippen LogP contribution in [0.1, 0.15) is 13.3 Å². The van der Waals surface area contributed by atoms with E-state index in [1.165, 1.54) is 6.08 Å². The lowest BCUT2D eigenvalue weighted by atomic mass is 10.3. The van der Waals surface area contributed by atoms with E-state index in [4.69, 9.17) is 10.2 Å². The molecular formula is C7H13NO2. The molecule has 0 aliphatic rings. The monoisotopic (exact) mass is 143 g/mol. The SMILES string of the molecule is CC/C(O)=C(O)\C=C/NC.